The van der Waals surface area contributed by atoms with Crippen molar-refractivity contribution < 1.29 is 14.3 Å². The Kier molecular flexibility index (Phi) is 6.62. The Morgan fingerprint density at radius 1 is 1.36 bits per heavy atom. The molecule has 0 aromatic heterocycles. The molecule has 25 heavy (non-hydrogen) atoms. The zero-order valence-corrected chi connectivity index (χ0v) is 15.1. The Morgan fingerprint density at radius 3 is 2.84 bits per heavy atom. The minimum absolute atomic E-state index is 0.0499. The van der Waals surface area contributed by atoms with Gasteiger partial charge in [-0.3, -0.25) is 4.79 Å². The molecule has 2 amide bonds. The predicted octanol–water partition coefficient (Wildman–Crippen LogP) is 3.59. The maximum Gasteiger partial charge on any atom is 0.407 e. The van der Waals surface area contributed by atoms with E-state index in [9.17, 15) is 9.59 Å². The van der Waals surface area contributed by atoms with Crippen molar-refractivity contribution in [2.75, 3.05) is 13.1 Å². The van der Waals surface area contributed by atoms with Gasteiger partial charge in [-0.25, -0.2) is 4.79 Å². The summed E-state index contributed by atoms with van der Waals surface area (Å²) in [5.74, 6) is -0.0499. The highest BCUT2D eigenvalue weighted by atomic mass is 16.6. The maximum absolute atomic E-state index is 12.4. The molecule has 1 aromatic carbocycles. The van der Waals surface area contributed by atoms with Crippen LogP contribution in [-0.4, -0.2) is 31.2 Å². The first kappa shape index (κ1) is 19.0. The number of carbonyl (C=O) groups excluding carboxylic acids is 2. The van der Waals surface area contributed by atoms with Crippen LogP contribution in [0.15, 0.2) is 36.9 Å². The third-order valence-electron chi connectivity index (χ3n) is 4.76. The second kappa shape index (κ2) is 8.70. The van der Waals surface area contributed by atoms with Crippen LogP contribution in [0, 0.1) is 12.3 Å². The first-order valence-corrected chi connectivity index (χ1v) is 8.83. The van der Waals surface area contributed by atoms with E-state index in [0.717, 1.165) is 31.2 Å². The summed E-state index contributed by atoms with van der Waals surface area (Å²) in [6.07, 6.45) is 4.71. The first-order chi connectivity index (χ1) is 11.9. The second-order valence-electron chi connectivity index (χ2n) is 7.10. The molecule has 5 nitrogen and oxygen atoms in total. The number of hydrogen-bond acceptors (Lipinski definition) is 3. The fraction of sp³-hybridized carbons (Fsp3) is 0.500. The lowest BCUT2D eigenvalue weighted by Crippen LogP contribution is -2.42. The number of nitrogens with one attached hydrogen (secondary N) is 2. The van der Waals surface area contributed by atoms with Gasteiger partial charge in [0.05, 0.1) is 0 Å². The van der Waals surface area contributed by atoms with E-state index < -0.39 is 6.09 Å². The van der Waals surface area contributed by atoms with Crippen LogP contribution in [0.5, 0.6) is 0 Å². The fourth-order valence-corrected chi connectivity index (χ4v) is 3.34. The monoisotopic (exact) mass is 344 g/mol. The van der Waals surface area contributed by atoms with Gasteiger partial charge in [-0.1, -0.05) is 31.2 Å². The standard InChI is InChI=1S/C20H28N2O3/c1-4-12-21-19(24)25-16-9-7-11-20(3,13-16)14-22-18(23)17-10-6-5-8-15(17)2/h4-6,8,10,16H,1,7,9,11-14H2,2-3H3,(H,21,24)(H,22,23). The van der Waals surface area contributed by atoms with Crippen LogP contribution in [0.25, 0.3) is 0 Å². The molecule has 1 aromatic rings. The van der Waals surface area contributed by atoms with Gasteiger partial charge in [-0.15, -0.1) is 6.58 Å². The number of amides is 2. The van der Waals surface area contributed by atoms with Crippen LogP contribution in [0.3, 0.4) is 0 Å². The third kappa shape index (κ3) is 5.62. The van der Waals surface area contributed by atoms with Gasteiger partial charge >= 0.3 is 6.09 Å². The molecule has 0 bridgehead atoms. The minimum atomic E-state index is -0.405. The molecule has 5 heteroatoms. The average Bonchev–Trinajstić information content (AvgIpc) is 2.58. The Bertz CT molecular complexity index is 629. The van der Waals surface area contributed by atoms with Crippen LogP contribution >= 0.6 is 0 Å². The zero-order chi connectivity index (χ0) is 18.3. The minimum Gasteiger partial charge on any atom is -0.446 e. The van der Waals surface area contributed by atoms with E-state index in [4.69, 9.17) is 4.74 Å². The number of aryl methyl sites for hydroxylation is 1. The van der Waals surface area contributed by atoms with E-state index in [1.165, 1.54) is 0 Å². The van der Waals surface area contributed by atoms with Gasteiger partial charge < -0.3 is 15.4 Å². The van der Waals surface area contributed by atoms with Crippen molar-refractivity contribution >= 4 is 12.0 Å². The molecule has 0 radical (unpaired) electrons. The highest BCUT2D eigenvalue weighted by Crippen LogP contribution is 2.36. The third-order valence-corrected chi connectivity index (χ3v) is 4.76. The summed E-state index contributed by atoms with van der Waals surface area (Å²) in [6, 6.07) is 7.57. The van der Waals surface area contributed by atoms with Crippen molar-refractivity contribution in [3.63, 3.8) is 0 Å². The van der Waals surface area contributed by atoms with E-state index in [-0.39, 0.29) is 17.4 Å². The molecule has 0 spiro atoms. The molecule has 0 saturated heterocycles. The molecule has 1 aliphatic rings. The molecular weight excluding hydrogens is 316 g/mol. The highest BCUT2D eigenvalue weighted by molar-refractivity contribution is 5.95. The quantitative estimate of drug-likeness (QED) is 0.775. The van der Waals surface area contributed by atoms with Crippen LogP contribution in [0.1, 0.15) is 48.5 Å². The number of hydrogen-bond donors (Lipinski definition) is 2. The Morgan fingerprint density at radius 2 is 2.12 bits per heavy atom. The van der Waals surface area contributed by atoms with E-state index in [2.05, 4.69) is 24.1 Å². The van der Waals surface area contributed by atoms with Gasteiger partial charge in [0.2, 0.25) is 0 Å². The second-order valence-corrected chi connectivity index (χ2v) is 7.10. The summed E-state index contributed by atoms with van der Waals surface area (Å²) in [4.78, 5) is 24.1. The summed E-state index contributed by atoms with van der Waals surface area (Å²) >= 11 is 0. The van der Waals surface area contributed by atoms with Crippen molar-refractivity contribution in [2.45, 2.75) is 45.6 Å². The summed E-state index contributed by atoms with van der Waals surface area (Å²) in [5.41, 5.74) is 1.60. The number of benzene rings is 1. The van der Waals surface area contributed by atoms with Crippen molar-refractivity contribution in [3.05, 3.63) is 48.0 Å². The number of carbonyl (C=O) groups is 2. The van der Waals surface area contributed by atoms with Crippen molar-refractivity contribution in [3.8, 4) is 0 Å². The van der Waals surface area contributed by atoms with Gasteiger partial charge in [0.1, 0.15) is 6.10 Å². The van der Waals surface area contributed by atoms with E-state index in [1.54, 1.807) is 6.08 Å². The Labute approximate surface area is 149 Å². The molecule has 0 aliphatic heterocycles. The lowest BCUT2D eigenvalue weighted by molar-refractivity contribution is 0.0316. The van der Waals surface area contributed by atoms with E-state index in [0.29, 0.717) is 18.7 Å². The maximum atomic E-state index is 12.4. The normalized spacial score (nSPS) is 22.7. The Hall–Kier alpha value is -2.30. The lowest BCUT2D eigenvalue weighted by Gasteiger charge is -2.37. The molecular formula is C20H28N2O3. The number of ether oxygens (including phenoxy) is 1. The van der Waals surface area contributed by atoms with Gasteiger partial charge in [0, 0.05) is 18.7 Å². The van der Waals surface area contributed by atoms with Gasteiger partial charge in [-0.2, -0.15) is 0 Å². The molecule has 2 N–H and O–H groups in total. The SMILES string of the molecule is C=CCNC(=O)OC1CCCC(C)(CNC(=O)c2ccccc2C)C1. The Balaban J connectivity index is 1.88. The molecule has 136 valence electrons. The van der Waals surface area contributed by atoms with Crippen molar-refractivity contribution in [1.29, 1.82) is 0 Å². The topological polar surface area (TPSA) is 67.4 Å². The molecule has 1 aliphatic carbocycles. The molecule has 2 rings (SSSR count). The van der Waals surface area contributed by atoms with E-state index in [1.807, 2.05) is 31.2 Å². The zero-order valence-electron chi connectivity index (χ0n) is 15.1. The summed E-state index contributed by atoms with van der Waals surface area (Å²) in [5, 5.41) is 5.69. The van der Waals surface area contributed by atoms with Gasteiger partial charge in [-0.05, 0) is 49.7 Å². The van der Waals surface area contributed by atoms with Crippen molar-refractivity contribution in [2.24, 2.45) is 5.41 Å². The van der Waals surface area contributed by atoms with Gasteiger partial charge in [0.25, 0.3) is 5.91 Å². The highest BCUT2D eigenvalue weighted by Gasteiger charge is 2.34. The average molecular weight is 344 g/mol. The predicted molar refractivity (Wildman–Crippen MR) is 98.6 cm³/mol. The van der Waals surface area contributed by atoms with Crippen LogP contribution in [0.4, 0.5) is 4.79 Å². The first-order valence-electron chi connectivity index (χ1n) is 8.83. The summed E-state index contributed by atoms with van der Waals surface area (Å²) < 4.78 is 5.49. The number of rotatable bonds is 6. The lowest BCUT2D eigenvalue weighted by atomic mass is 9.74. The smallest absolute Gasteiger partial charge is 0.407 e. The van der Waals surface area contributed by atoms with Crippen LogP contribution in [0.2, 0.25) is 0 Å². The summed E-state index contributed by atoms with van der Waals surface area (Å²) in [6.45, 7) is 8.61. The van der Waals surface area contributed by atoms with Crippen molar-refractivity contribution in [1.82, 2.24) is 10.6 Å². The summed E-state index contributed by atoms with van der Waals surface area (Å²) in [7, 11) is 0. The number of alkyl carbamates (subject to hydrolysis) is 1. The largest absolute Gasteiger partial charge is 0.446 e. The van der Waals surface area contributed by atoms with Crippen LogP contribution < -0.4 is 10.6 Å². The molecule has 1 fully saturated rings. The van der Waals surface area contributed by atoms with E-state index >= 15 is 0 Å². The molecule has 2 atom stereocenters. The molecule has 1 saturated carbocycles. The van der Waals surface area contributed by atoms with Crippen LogP contribution in [-0.2, 0) is 4.74 Å². The fourth-order valence-electron chi connectivity index (χ4n) is 3.34. The molecule has 0 heterocycles. The molecule has 2 unspecified atom stereocenters. The van der Waals surface area contributed by atoms with Gasteiger partial charge in [0.15, 0.2) is 0 Å².